The van der Waals surface area contributed by atoms with E-state index in [1.807, 2.05) is 0 Å². The van der Waals surface area contributed by atoms with Crippen LogP contribution in [0.15, 0.2) is 22.5 Å². The van der Waals surface area contributed by atoms with Gasteiger partial charge >= 0.3 is 11.9 Å². The summed E-state index contributed by atoms with van der Waals surface area (Å²) in [5, 5.41) is 2.48. The predicted molar refractivity (Wildman–Crippen MR) is 90.1 cm³/mol. The first kappa shape index (κ1) is 23.0. The normalized spacial score (nSPS) is 15.4. The molecule has 27 heavy (non-hydrogen) atoms. The number of hydrogen-bond acceptors (Lipinski definition) is 5. The van der Waals surface area contributed by atoms with E-state index in [9.17, 15) is 27.2 Å². The van der Waals surface area contributed by atoms with E-state index in [2.05, 4.69) is 5.32 Å². The average molecular weight is 395 g/mol. The number of hydrogen-bond donors (Lipinski definition) is 1. The molecule has 0 saturated carbocycles. The van der Waals surface area contributed by atoms with E-state index in [1.54, 1.807) is 20.8 Å². The molecule has 0 bridgehead atoms. The highest BCUT2D eigenvalue weighted by atomic mass is 19.3. The molecule has 5 nitrogen and oxygen atoms in total. The van der Waals surface area contributed by atoms with Crippen molar-refractivity contribution in [3.8, 4) is 0 Å². The third-order valence-corrected chi connectivity index (χ3v) is 3.93. The third-order valence-electron chi connectivity index (χ3n) is 3.93. The van der Waals surface area contributed by atoms with Gasteiger partial charge in [0.15, 0.2) is 0 Å². The molecule has 0 spiro atoms. The first-order valence-electron chi connectivity index (χ1n) is 8.90. The lowest BCUT2D eigenvalue weighted by Crippen LogP contribution is -2.36. The number of alkyl halides is 4. The van der Waals surface area contributed by atoms with E-state index in [1.165, 1.54) is 0 Å². The summed E-state index contributed by atoms with van der Waals surface area (Å²) in [6.07, 6.45) is -6.58. The van der Waals surface area contributed by atoms with E-state index >= 15 is 0 Å². The molecule has 0 aromatic rings. The van der Waals surface area contributed by atoms with Crippen LogP contribution in [0.2, 0.25) is 0 Å². The van der Waals surface area contributed by atoms with Gasteiger partial charge in [-0.15, -0.1) is 0 Å². The number of esters is 2. The van der Waals surface area contributed by atoms with Crippen LogP contribution in [0.1, 0.15) is 46.5 Å². The minimum atomic E-state index is -2.81. The largest absolute Gasteiger partial charge is 0.463 e. The standard InChI is InChI=1S/C18H25F4NO4/c1-4-7-10-15(17(24)26-5-2)11(8-13(19)20)23-12(9-14(21)22)16(10)18(25)27-6-3/h10,13-14,23H,4-9H2,1-3H3. The van der Waals surface area contributed by atoms with Crippen LogP contribution >= 0.6 is 0 Å². The summed E-state index contributed by atoms with van der Waals surface area (Å²) in [7, 11) is 0. The summed E-state index contributed by atoms with van der Waals surface area (Å²) in [4.78, 5) is 24.9. The monoisotopic (exact) mass is 395 g/mol. The first-order valence-corrected chi connectivity index (χ1v) is 8.90. The zero-order chi connectivity index (χ0) is 20.6. The van der Waals surface area contributed by atoms with Crippen molar-refractivity contribution in [1.82, 2.24) is 5.32 Å². The van der Waals surface area contributed by atoms with Gasteiger partial charge in [0.2, 0.25) is 12.9 Å². The highest BCUT2D eigenvalue weighted by Gasteiger charge is 2.39. The van der Waals surface area contributed by atoms with E-state index < -0.39 is 43.5 Å². The van der Waals surface area contributed by atoms with Gasteiger partial charge in [-0.25, -0.2) is 27.2 Å². The molecule has 0 aliphatic carbocycles. The van der Waals surface area contributed by atoms with Gasteiger partial charge < -0.3 is 14.8 Å². The number of halogens is 4. The van der Waals surface area contributed by atoms with Crippen LogP contribution in [-0.4, -0.2) is 38.0 Å². The Hall–Kier alpha value is -2.06. The SMILES string of the molecule is CCCC1C(C(=O)OCC)=C(CC(F)F)NC(CC(F)F)=C1C(=O)OCC. The Balaban J connectivity index is 3.54. The second-order valence-corrected chi connectivity index (χ2v) is 5.88. The number of rotatable bonds is 10. The maximum Gasteiger partial charge on any atom is 0.336 e. The molecule has 1 rings (SSSR count). The number of carbonyl (C=O) groups is 2. The van der Waals surface area contributed by atoms with Crippen molar-refractivity contribution < 1.29 is 36.6 Å². The van der Waals surface area contributed by atoms with Crippen molar-refractivity contribution in [2.24, 2.45) is 5.92 Å². The second kappa shape index (κ2) is 10.9. The van der Waals surface area contributed by atoms with Crippen molar-refractivity contribution in [2.75, 3.05) is 13.2 Å². The molecule has 0 unspecified atom stereocenters. The van der Waals surface area contributed by atoms with Crippen LogP contribution in [0.3, 0.4) is 0 Å². The Morgan fingerprint density at radius 3 is 1.59 bits per heavy atom. The number of carbonyl (C=O) groups excluding carboxylic acids is 2. The first-order chi connectivity index (χ1) is 12.8. The Kier molecular flexibility index (Phi) is 9.31. The average Bonchev–Trinajstić information content (AvgIpc) is 2.54. The molecular formula is C18H25F4NO4. The predicted octanol–water partition coefficient (Wildman–Crippen LogP) is 3.95. The lowest BCUT2D eigenvalue weighted by atomic mass is 9.81. The van der Waals surface area contributed by atoms with Crippen molar-refractivity contribution in [2.45, 2.75) is 59.3 Å². The van der Waals surface area contributed by atoms with Crippen molar-refractivity contribution in [1.29, 1.82) is 0 Å². The molecular weight excluding hydrogens is 370 g/mol. The van der Waals surface area contributed by atoms with Crippen molar-refractivity contribution in [3.05, 3.63) is 22.5 Å². The maximum absolute atomic E-state index is 13.0. The Morgan fingerprint density at radius 1 is 0.889 bits per heavy atom. The van der Waals surface area contributed by atoms with Crippen LogP contribution in [0.25, 0.3) is 0 Å². The molecule has 0 saturated heterocycles. The quantitative estimate of drug-likeness (QED) is 0.448. The molecule has 9 heteroatoms. The van der Waals surface area contributed by atoms with Crippen molar-refractivity contribution >= 4 is 11.9 Å². The fourth-order valence-corrected chi connectivity index (χ4v) is 3.04. The number of nitrogens with one attached hydrogen (secondary N) is 1. The molecule has 1 aliphatic heterocycles. The van der Waals surface area contributed by atoms with Gasteiger partial charge in [-0.05, 0) is 20.3 Å². The van der Waals surface area contributed by atoms with Crippen LogP contribution in [0, 0.1) is 5.92 Å². The van der Waals surface area contributed by atoms with E-state index in [4.69, 9.17) is 9.47 Å². The Labute approximate surface area is 155 Å². The summed E-state index contributed by atoms with van der Waals surface area (Å²) < 4.78 is 62.1. The smallest absolute Gasteiger partial charge is 0.336 e. The lowest BCUT2D eigenvalue weighted by molar-refractivity contribution is -0.140. The summed E-state index contributed by atoms with van der Waals surface area (Å²) in [6, 6.07) is 0. The minimum Gasteiger partial charge on any atom is -0.463 e. The zero-order valence-corrected chi connectivity index (χ0v) is 15.6. The van der Waals surface area contributed by atoms with E-state index in [0.29, 0.717) is 6.42 Å². The Bertz CT molecular complexity index is 554. The highest BCUT2D eigenvalue weighted by molar-refractivity contribution is 5.98. The molecule has 154 valence electrons. The van der Waals surface area contributed by atoms with Crippen molar-refractivity contribution in [3.63, 3.8) is 0 Å². The van der Waals surface area contributed by atoms with Gasteiger partial charge in [0, 0.05) is 30.2 Å². The number of ether oxygens (including phenoxy) is 2. The third kappa shape index (κ3) is 6.25. The summed E-state index contributed by atoms with van der Waals surface area (Å²) in [6.45, 7) is 4.89. The summed E-state index contributed by atoms with van der Waals surface area (Å²) in [5.74, 6) is -2.65. The van der Waals surface area contributed by atoms with Crippen LogP contribution in [0.5, 0.6) is 0 Å². The molecule has 0 aromatic carbocycles. The molecule has 0 amide bonds. The fourth-order valence-electron chi connectivity index (χ4n) is 3.04. The molecule has 0 fully saturated rings. The second-order valence-electron chi connectivity index (χ2n) is 5.88. The van der Waals surface area contributed by atoms with E-state index in [0.717, 1.165) is 0 Å². The van der Waals surface area contributed by atoms with Gasteiger partial charge in [-0.2, -0.15) is 0 Å². The summed E-state index contributed by atoms with van der Waals surface area (Å²) in [5.41, 5.74) is -0.628. The zero-order valence-electron chi connectivity index (χ0n) is 15.6. The van der Waals surface area contributed by atoms with Gasteiger partial charge in [0.1, 0.15) is 0 Å². The number of allylic oxidation sites excluding steroid dienone is 2. The number of dihydropyridines is 1. The topological polar surface area (TPSA) is 64.6 Å². The van der Waals surface area contributed by atoms with Crippen LogP contribution < -0.4 is 5.32 Å². The molecule has 0 radical (unpaired) electrons. The molecule has 0 aromatic heterocycles. The maximum atomic E-state index is 13.0. The van der Waals surface area contributed by atoms with Gasteiger partial charge in [-0.1, -0.05) is 13.3 Å². The van der Waals surface area contributed by atoms with Crippen LogP contribution in [-0.2, 0) is 19.1 Å². The summed E-state index contributed by atoms with van der Waals surface area (Å²) >= 11 is 0. The molecule has 0 atom stereocenters. The van der Waals surface area contributed by atoms with Crippen LogP contribution in [0.4, 0.5) is 17.6 Å². The van der Waals surface area contributed by atoms with Gasteiger partial charge in [0.25, 0.3) is 0 Å². The highest BCUT2D eigenvalue weighted by Crippen LogP contribution is 2.37. The molecule has 1 aliphatic rings. The lowest BCUT2D eigenvalue weighted by Gasteiger charge is -2.32. The fraction of sp³-hybridized carbons (Fsp3) is 0.667. The van der Waals surface area contributed by atoms with E-state index in [-0.39, 0.29) is 42.2 Å². The minimum absolute atomic E-state index is 0.00544. The van der Waals surface area contributed by atoms with Gasteiger partial charge in [-0.3, -0.25) is 0 Å². The Morgan fingerprint density at radius 2 is 1.30 bits per heavy atom. The van der Waals surface area contributed by atoms with Gasteiger partial charge in [0.05, 0.1) is 24.4 Å². The molecule has 1 heterocycles. The molecule has 1 N–H and O–H groups in total.